The second-order valence-corrected chi connectivity index (χ2v) is 0.447. The Bertz CT molecular complexity index is 119. The van der Waals surface area contributed by atoms with Crippen LogP contribution in [0.3, 0.4) is 0 Å². The van der Waals surface area contributed by atoms with Crippen molar-refractivity contribution in [2.24, 2.45) is 32.0 Å². The molecule has 20 heavy (non-hydrogen) atoms. The van der Waals surface area contributed by atoms with Crippen molar-refractivity contribution in [3.05, 3.63) is 60.7 Å². The summed E-state index contributed by atoms with van der Waals surface area (Å²) in [5, 5.41) is 54.0. The summed E-state index contributed by atoms with van der Waals surface area (Å²) in [7, 11) is 0. The van der Waals surface area contributed by atoms with Gasteiger partial charge < -0.3 is 60.7 Å². The molecule has 0 saturated carbocycles. The van der Waals surface area contributed by atoms with Crippen molar-refractivity contribution < 1.29 is 21.1 Å². The summed E-state index contributed by atoms with van der Waals surface area (Å²) in [6.45, 7) is 0. The average Bonchev–Trinajstić information content (AvgIpc) is 2.23. The van der Waals surface area contributed by atoms with E-state index in [-0.39, 0.29) is 32.0 Å². The Hall–Kier alpha value is -2.69. The number of hydrogen-bond donors (Lipinski definition) is 0. The first kappa shape index (κ1) is 53.1. The summed E-state index contributed by atoms with van der Waals surface area (Å²) >= 11 is 0. The third kappa shape index (κ3) is 431. The number of nitrogens with zero attached hydrogens (tertiary/aromatic N) is 6. The Morgan fingerprint density at radius 3 is 0.400 bits per heavy atom. The van der Waals surface area contributed by atoms with Crippen LogP contribution < -0.4 is 0 Å². The van der Waals surface area contributed by atoms with Crippen LogP contribution in [-0.2, 0) is 21.1 Å². The van der Waals surface area contributed by atoms with E-state index in [0.717, 1.165) is 32.0 Å². The minimum absolute atomic E-state index is 0. The van der Waals surface area contributed by atoms with E-state index in [1.165, 1.54) is 0 Å². The first-order valence-corrected chi connectivity index (χ1v) is 2.19. The van der Waals surface area contributed by atoms with Crippen LogP contribution in [0, 0.1) is 60.7 Å². The molecule has 0 aromatic rings. The minimum atomic E-state index is 0. The van der Waals surface area contributed by atoms with E-state index in [9.17, 15) is 0 Å². The molecule has 0 aliphatic rings. The molecule has 0 spiro atoms. The minimum Gasteiger partial charge on any atom is -0.444 e. The normalized spacial score (nSPS) is 3.60. The Labute approximate surface area is 125 Å². The molecule has 0 radical (unpaired) electrons. The molecule has 0 bridgehead atoms. The predicted octanol–water partition coefficient (Wildman–Crippen LogP) is 0.0495. The van der Waals surface area contributed by atoms with Crippen molar-refractivity contribution in [2.75, 3.05) is 0 Å². The summed E-state index contributed by atoms with van der Waals surface area (Å²) in [4.78, 5) is 48.0. The van der Waals surface area contributed by atoms with Gasteiger partial charge in [0.2, 0.25) is 0 Å². The molecule has 0 aliphatic heterocycles. The molecule has 0 heterocycles. The monoisotopic (exact) mass is 492 g/mol. The van der Waals surface area contributed by atoms with Crippen molar-refractivity contribution in [1.82, 2.24) is 0 Å². The van der Waals surface area contributed by atoms with Gasteiger partial charge in [0, 0.05) is 21.1 Å². The van der Waals surface area contributed by atoms with Crippen LogP contribution in [0.5, 0.6) is 0 Å². The van der Waals surface area contributed by atoms with Gasteiger partial charge in [-0.1, -0.05) is 0 Å². The quantitative estimate of drug-likeness (QED) is 0.246. The van der Waals surface area contributed by atoms with Gasteiger partial charge in [-0.2, -0.15) is 0 Å². The molecule has 0 aromatic heterocycles. The maximum Gasteiger partial charge on any atom is 0 e. The molecule has 0 aromatic carbocycles. The third-order valence-electron chi connectivity index (χ3n) is 0. The van der Waals surface area contributed by atoms with Gasteiger partial charge in [-0.15, -0.1) is 32.0 Å². The summed E-state index contributed by atoms with van der Waals surface area (Å²) in [5.41, 5.74) is 0. The molecule has 0 aliphatic carbocycles. The Balaban J connectivity index is -0.0000000141. The van der Waals surface area contributed by atoms with E-state index in [4.69, 9.17) is 60.7 Å². The van der Waals surface area contributed by atoms with Crippen LogP contribution in [0.4, 0.5) is 0 Å². The van der Waals surface area contributed by atoms with Crippen LogP contribution >= 0.6 is 0 Å². The molecular formula is H4N6O12SiW-6. The molecule has 0 fully saturated rings. The van der Waals surface area contributed by atoms with Crippen LogP contribution in [0.15, 0.2) is 32.0 Å². The van der Waals surface area contributed by atoms with E-state index in [0.29, 0.717) is 0 Å². The van der Waals surface area contributed by atoms with E-state index in [1.54, 1.807) is 0 Å². The van der Waals surface area contributed by atoms with E-state index in [1.807, 2.05) is 0 Å². The first-order valence-electron chi connectivity index (χ1n) is 2.19. The summed E-state index contributed by atoms with van der Waals surface area (Å²) in [5.74, 6) is 0. The van der Waals surface area contributed by atoms with Crippen LogP contribution in [0.2, 0.25) is 0 Å². The zero-order chi connectivity index (χ0) is 16.2. The van der Waals surface area contributed by atoms with Crippen LogP contribution in [0.1, 0.15) is 0 Å². The van der Waals surface area contributed by atoms with E-state index < -0.39 is 0 Å². The van der Waals surface area contributed by atoms with Gasteiger partial charge >= 0.3 is 0 Å². The van der Waals surface area contributed by atoms with E-state index in [2.05, 4.69) is 0 Å². The van der Waals surface area contributed by atoms with Crippen molar-refractivity contribution in [1.29, 1.82) is 0 Å². The zero-order valence-electron chi connectivity index (χ0n) is 7.99. The van der Waals surface area contributed by atoms with Crippen molar-refractivity contribution in [3.8, 4) is 0 Å². The van der Waals surface area contributed by atoms with Crippen LogP contribution in [-0.4, -0.2) is 11.0 Å². The summed E-state index contributed by atoms with van der Waals surface area (Å²) < 4.78 is 0. The molecule has 0 amide bonds. The topological polar surface area (TPSA) is 315 Å². The summed E-state index contributed by atoms with van der Waals surface area (Å²) in [6, 6.07) is 0. The van der Waals surface area contributed by atoms with Crippen molar-refractivity contribution >= 4 is 11.0 Å². The predicted molar refractivity (Wildman–Crippen MR) is 66.3 cm³/mol. The maximum atomic E-state index is 8.00. The second-order valence-electron chi connectivity index (χ2n) is 0.447. The van der Waals surface area contributed by atoms with Gasteiger partial charge in [0.15, 0.2) is 0 Å². The molecular weight excluding hydrogens is 488 g/mol. The van der Waals surface area contributed by atoms with Gasteiger partial charge in [0.1, 0.15) is 0 Å². The largest absolute Gasteiger partial charge is 0.444 e. The smallest absolute Gasteiger partial charge is 0 e. The summed E-state index contributed by atoms with van der Waals surface area (Å²) in [6.07, 6.45) is 0. The Morgan fingerprint density at radius 1 is 0.400 bits per heavy atom. The van der Waals surface area contributed by atoms with Gasteiger partial charge in [0.05, 0.1) is 0 Å². The molecule has 122 valence electrons. The molecule has 20 heteroatoms. The van der Waals surface area contributed by atoms with E-state index >= 15 is 0 Å². The molecule has 18 nitrogen and oxygen atoms in total. The molecule has 0 atom stereocenters. The standard InChI is InChI=1S/6HNO2.H4Si.W/c6*2-1-3;;/h6*(H,2,3);1H4;/p-6. The average molecular weight is 492 g/mol. The van der Waals surface area contributed by atoms with Gasteiger partial charge in [-0.05, 0) is 11.0 Å². The fraction of sp³-hybridized carbons (Fsp3) is 0. The van der Waals surface area contributed by atoms with Crippen molar-refractivity contribution in [3.63, 3.8) is 0 Å². The Kier molecular flexibility index (Phi) is 929. The first-order chi connectivity index (χ1) is 8.49. The zero-order valence-corrected chi connectivity index (χ0v) is 10.9. The number of hydrogen-bond acceptors (Lipinski definition) is 18. The molecule has 0 unspecified atom stereocenters. The fourth-order valence-corrected chi connectivity index (χ4v) is 0. The number of rotatable bonds is 0. The third-order valence-corrected chi connectivity index (χ3v) is 0. The van der Waals surface area contributed by atoms with Gasteiger partial charge in [-0.3, -0.25) is 0 Å². The molecule has 0 rings (SSSR count). The van der Waals surface area contributed by atoms with Crippen molar-refractivity contribution in [2.45, 2.75) is 0 Å². The SMILES string of the molecule is O=N[O-].O=N[O-].O=N[O-].O=N[O-].O=N[O-].O=N[O-].[SiH4].[W]. The van der Waals surface area contributed by atoms with Gasteiger partial charge in [0.25, 0.3) is 0 Å². The fourth-order valence-electron chi connectivity index (χ4n) is 0. The Morgan fingerprint density at radius 2 is 0.400 bits per heavy atom. The maximum absolute atomic E-state index is 8.00. The molecule has 0 saturated heterocycles. The second kappa shape index (κ2) is 350. The van der Waals surface area contributed by atoms with Crippen LogP contribution in [0.25, 0.3) is 0 Å². The molecule has 0 N–H and O–H groups in total. The van der Waals surface area contributed by atoms with Gasteiger partial charge in [-0.25, -0.2) is 0 Å².